The number of amides is 1. The van der Waals surface area contributed by atoms with Crippen molar-refractivity contribution in [2.45, 2.75) is 36.7 Å². The first-order chi connectivity index (χ1) is 12.8. The van der Waals surface area contributed by atoms with Crippen molar-refractivity contribution in [2.24, 2.45) is 0 Å². The molecule has 1 heterocycles. The lowest BCUT2D eigenvalue weighted by Gasteiger charge is -2.11. The Morgan fingerprint density at radius 3 is 2.33 bits per heavy atom. The first-order valence-electron chi connectivity index (χ1n) is 8.61. The fourth-order valence-electron chi connectivity index (χ4n) is 2.90. The predicted molar refractivity (Wildman–Crippen MR) is 104 cm³/mol. The van der Waals surface area contributed by atoms with E-state index in [4.69, 9.17) is 4.42 Å². The number of hydrogen-bond donors (Lipinski definition) is 1. The van der Waals surface area contributed by atoms with Crippen molar-refractivity contribution in [3.63, 3.8) is 0 Å². The van der Waals surface area contributed by atoms with Crippen LogP contribution in [0, 0.1) is 6.92 Å². The highest BCUT2D eigenvalue weighted by molar-refractivity contribution is 7.91. The van der Waals surface area contributed by atoms with E-state index in [2.05, 4.69) is 19.2 Å². The highest BCUT2D eigenvalue weighted by Gasteiger charge is 2.23. The van der Waals surface area contributed by atoms with Crippen LogP contribution in [0.15, 0.2) is 75.1 Å². The molecule has 0 unspecified atom stereocenters. The highest BCUT2D eigenvalue weighted by atomic mass is 32.2. The number of hydrogen-bond acceptors (Lipinski definition) is 4. The van der Waals surface area contributed by atoms with Crippen LogP contribution in [0.3, 0.4) is 0 Å². The Labute approximate surface area is 159 Å². The average molecular weight is 383 g/mol. The Kier molecular flexibility index (Phi) is 5.19. The molecule has 0 fully saturated rings. The second-order valence-corrected chi connectivity index (χ2v) is 8.50. The van der Waals surface area contributed by atoms with E-state index in [9.17, 15) is 13.2 Å². The quantitative estimate of drug-likeness (QED) is 0.687. The van der Waals surface area contributed by atoms with Crippen molar-refractivity contribution < 1.29 is 17.6 Å². The maximum atomic E-state index is 12.5. The fourth-order valence-corrected chi connectivity index (χ4v) is 4.09. The topological polar surface area (TPSA) is 76.4 Å². The van der Waals surface area contributed by atoms with Crippen LogP contribution in [-0.4, -0.2) is 14.3 Å². The lowest BCUT2D eigenvalue weighted by atomic mass is 9.98. The molecule has 6 heteroatoms. The van der Waals surface area contributed by atoms with E-state index in [1.54, 1.807) is 18.2 Å². The molecule has 1 aromatic heterocycles. The predicted octanol–water partition coefficient (Wildman–Crippen LogP) is 4.80. The monoisotopic (exact) mass is 383 g/mol. The molecular formula is C21H21NO4S. The van der Waals surface area contributed by atoms with Crippen LogP contribution in [0.1, 0.15) is 41.4 Å². The SMILES string of the molecule is Cc1cc(NC(=O)c2ccc(S(=O)(=O)c3ccccc3)o2)ccc1C(C)C. The molecule has 27 heavy (non-hydrogen) atoms. The molecule has 1 N–H and O–H groups in total. The lowest BCUT2D eigenvalue weighted by Crippen LogP contribution is -2.11. The average Bonchev–Trinajstić information content (AvgIpc) is 3.13. The maximum absolute atomic E-state index is 12.5. The van der Waals surface area contributed by atoms with Crippen molar-refractivity contribution >= 4 is 21.4 Å². The van der Waals surface area contributed by atoms with E-state index in [1.807, 2.05) is 25.1 Å². The Bertz CT molecular complexity index is 1070. The summed E-state index contributed by atoms with van der Waals surface area (Å²) in [7, 11) is -3.79. The Hall–Kier alpha value is -2.86. The van der Waals surface area contributed by atoms with Gasteiger partial charge in [-0.2, -0.15) is 0 Å². The molecule has 0 saturated carbocycles. The fraction of sp³-hybridized carbons (Fsp3) is 0.190. The number of carbonyl (C=O) groups is 1. The molecule has 5 nitrogen and oxygen atoms in total. The highest BCUT2D eigenvalue weighted by Crippen LogP contribution is 2.25. The summed E-state index contributed by atoms with van der Waals surface area (Å²) >= 11 is 0. The standard InChI is InChI=1S/C21H21NO4S/c1-14(2)18-10-9-16(13-15(18)3)22-21(23)19-11-12-20(26-19)27(24,25)17-7-5-4-6-8-17/h4-14H,1-3H3,(H,22,23). The van der Waals surface area contributed by atoms with Gasteiger partial charge in [-0.05, 0) is 60.4 Å². The number of aryl methyl sites for hydroxylation is 1. The molecule has 0 aliphatic heterocycles. The zero-order chi connectivity index (χ0) is 19.6. The molecule has 1 amide bonds. The minimum atomic E-state index is -3.79. The van der Waals surface area contributed by atoms with Gasteiger partial charge in [0.25, 0.3) is 5.91 Å². The smallest absolute Gasteiger partial charge is 0.291 e. The number of rotatable bonds is 5. The van der Waals surface area contributed by atoms with Gasteiger partial charge >= 0.3 is 0 Å². The molecular weight excluding hydrogens is 362 g/mol. The number of anilines is 1. The Balaban J connectivity index is 1.81. The molecule has 140 valence electrons. The zero-order valence-electron chi connectivity index (χ0n) is 15.4. The van der Waals surface area contributed by atoms with E-state index in [0.29, 0.717) is 11.6 Å². The summed E-state index contributed by atoms with van der Waals surface area (Å²) in [5.41, 5.74) is 2.92. The van der Waals surface area contributed by atoms with Crippen molar-refractivity contribution in [3.8, 4) is 0 Å². The zero-order valence-corrected chi connectivity index (χ0v) is 16.2. The minimum Gasteiger partial charge on any atom is -0.439 e. The molecule has 0 radical (unpaired) electrons. The van der Waals surface area contributed by atoms with Crippen LogP contribution in [0.2, 0.25) is 0 Å². The van der Waals surface area contributed by atoms with Crippen LogP contribution < -0.4 is 5.32 Å². The van der Waals surface area contributed by atoms with E-state index in [0.717, 1.165) is 5.56 Å². The summed E-state index contributed by atoms with van der Waals surface area (Å²) < 4.78 is 30.4. The summed E-state index contributed by atoms with van der Waals surface area (Å²) in [5, 5.41) is 2.48. The van der Waals surface area contributed by atoms with Gasteiger partial charge in [0.1, 0.15) is 0 Å². The Morgan fingerprint density at radius 1 is 1.00 bits per heavy atom. The van der Waals surface area contributed by atoms with E-state index >= 15 is 0 Å². The number of benzene rings is 2. The van der Waals surface area contributed by atoms with Crippen LogP contribution in [0.25, 0.3) is 0 Å². The number of furan rings is 1. The molecule has 0 saturated heterocycles. The molecule has 0 atom stereocenters. The second kappa shape index (κ2) is 7.40. The number of nitrogens with one attached hydrogen (secondary N) is 1. The molecule has 2 aromatic carbocycles. The largest absolute Gasteiger partial charge is 0.439 e. The number of sulfone groups is 1. The van der Waals surface area contributed by atoms with E-state index < -0.39 is 15.7 Å². The minimum absolute atomic E-state index is 0.0601. The van der Waals surface area contributed by atoms with Gasteiger partial charge in [-0.3, -0.25) is 4.79 Å². The molecule has 0 spiro atoms. The van der Waals surface area contributed by atoms with Crippen LogP contribution in [0.5, 0.6) is 0 Å². The summed E-state index contributed by atoms with van der Waals surface area (Å²) in [4.78, 5) is 12.5. The van der Waals surface area contributed by atoms with Gasteiger partial charge in [-0.15, -0.1) is 0 Å². The molecule has 0 aliphatic carbocycles. The van der Waals surface area contributed by atoms with E-state index in [1.165, 1.54) is 29.8 Å². The van der Waals surface area contributed by atoms with Gasteiger partial charge in [0, 0.05) is 5.69 Å². The first-order valence-corrected chi connectivity index (χ1v) is 10.1. The molecule has 0 bridgehead atoms. The van der Waals surface area contributed by atoms with Crippen molar-refractivity contribution in [1.29, 1.82) is 0 Å². The second-order valence-electron chi connectivity index (χ2n) is 6.62. The van der Waals surface area contributed by atoms with Gasteiger partial charge in [0.05, 0.1) is 4.90 Å². The van der Waals surface area contributed by atoms with Crippen LogP contribution in [0.4, 0.5) is 5.69 Å². The van der Waals surface area contributed by atoms with Gasteiger partial charge in [0.15, 0.2) is 5.76 Å². The summed E-state index contributed by atoms with van der Waals surface area (Å²) in [6.45, 7) is 6.21. The third kappa shape index (κ3) is 3.95. The van der Waals surface area contributed by atoms with Gasteiger partial charge in [-0.25, -0.2) is 8.42 Å². The third-order valence-electron chi connectivity index (χ3n) is 4.27. The molecule has 3 aromatic rings. The summed E-state index contributed by atoms with van der Waals surface area (Å²) in [6, 6.07) is 16.3. The first kappa shape index (κ1) is 18.9. The third-order valence-corrected chi connectivity index (χ3v) is 5.92. The molecule has 3 rings (SSSR count). The van der Waals surface area contributed by atoms with E-state index in [-0.39, 0.29) is 15.7 Å². The van der Waals surface area contributed by atoms with Crippen molar-refractivity contribution in [3.05, 3.63) is 77.6 Å². The Morgan fingerprint density at radius 2 is 1.70 bits per heavy atom. The van der Waals surface area contributed by atoms with Crippen molar-refractivity contribution in [1.82, 2.24) is 0 Å². The van der Waals surface area contributed by atoms with Gasteiger partial charge < -0.3 is 9.73 Å². The van der Waals surface area contributed by atoms with Crippen LogP contribution >= 0.6 is 0 Å². The molecule has 0 aliphatic rings. The normalized spacial score (nSPS) is 11.6. The summed E-state index contributed by atoms with van der Waals surface area (Å²) in [5.74, 6) is -0.165. The summed E-state index contributed by atoms with van der Waals surface area (Å²) in [6.07, 6.45) is 0. The van der Waals surface area contributed by atoms with Crippen LogP contribution in [-0.2, 0) is 9.84 Å². The maximum Gasteiger partial charge on any atom is 0.291 e. The van der Waals surface area contributed by atoms with Gasteiger partial charge in [0.2, 0.25) is 14.9 Å². The van der Waals surface area contributed by atoms with Gasteiger partial charge in [-0.1, -0.05) is 38.1 Å². The number of carbonyl (C=O) groups excluding carboxylic acids is 1. The lowest BCUT2D eigenvalue weighted by molar-refractivity contribution is 0.0991. The van der Waals surface area contributed by atoms with Crippen molar-refractivity contribution in [2.75, 3.05) is 5.32 Å².